The highest BCUT2D eigenvalue weighted by atomic mass is 16.8. The summed E-state index contributed by atoms with van der Waals surface area (Å²) in [5.74, 6) is -1.60. The van der Waals surface area contributed by atoms with E-state index in [1.54, 1.807) is 6.92 Å². The van der Waals surface area contributed by atoms with Gasteiger partial charge in [-0.25, -0.2) is 4.79 Å². The maximum atomic E-state index is 12.3. The van der Waals surface area contributed by atoms with Gasteiger partial charge in [0.2, 0.25) is 11.8 Å². The predicted octanol–water partition coefficient (Wildman–Crippen LogP) is -6.78. The highest BCUT2D eigenvalue weighted by molar-refractivity contribution is 5.69. The van der Waals surface area contributed by atoms with E-state index in [1.165, 1.54) is 0 Å². The molecule has 4 aliphatic rings. The van der Waals surface area contributed by atoms with Crippen molar-refractivity contribution in [2.75, 3.05) is 46.1 Å². The number of aliphatic hydroxyl groups is 13. The van der Waals surface area contributed by atoms with E-state index >= 15 is 0 Å². The van der Waals surface area contributed by atoms with Crippen LogP contribution in [0.1, 0.15) is 51.9 Å². The van der Waals surface area contributed by atoms with Gasteiger partial charge in [-0.1, -0.05) is 6.42 Å². The molecule has 0 unspecified atom stereocenters. The third-order valence-corrected chi connectivity index (χ3v) is 12.3. The molecule has 1 aromatic heterocycles. The van der Waals surface area contributed by atoms with Crippen molar-refractivity contribution >= 4 is 5.97 Å². The zero-order chi connectivity index (χ0) is 48.4. The van der Waals surface area contributed by atoms with E-state index in [9.17, 15) is 81.4 Å². The molecular weight excluding hydrogens is 892 g/mol. The lowest BCUT2D eigenvalue weighted by molar-refractivity contribution is -0.366. The molecule has 1 aromatic rings. The van der Waals surface area contributed by atoms with E-state index < -0.39 is 160 Å². The highest BCUT2D eigenvalue weighted by Gasteiger charge is 2.52. The van der Waals surface area contributed by atoms with E-state index in [2.05, 4.69) is 0 Å². The standard InChI is InChI=1S/C40H68N2O24/c1-18-26(48)31(53)27(49)19(61-18)7-4-6-12-41(11-5-2-3-8-25(47)66-42-23(45)9-10-24(42)46)13-14-59-39-36(58)37(65-40-35(57)33(55)29(51)21(16-44)63-40)30(52)22(64-39)17-60-38-34(56)32(54)28(50)20(15-43)62-38/h9-10,18-22,26-40,43-46,48-58H,2-8,11-17H2,1H3/t18-,19-,20+,21+,22+,26+,27+,28+,29+,30+,31+,32-,33-,34-,35-,36-,37-,38-,39-,40+/m0/s1. The van der Waals surface area contributed by atoms with Crippen LogP contribution in [-0.4, -0.2) is 261 Å². The molecule has 26 heteroatoms. The highest BCUT2D eigenvalue weighted by Crippen LogP contribution is 2.31. The van der Waals surface area contributed by atoms with Crippen LogP contribution in [0.15, 0.2) is 12.1 Å². The third kappa shape index (κ3) is 13.6. The van der Waals surface area contributed by atoms with Crippen LogP contribution in [0.3, 0.4) is 0 Å². The van der Waals surface area contributed by atoms with Crippen molar-refractivity contribution in [3.63, 3.8) is 0 Å². The van der Waals surface area contributed by atoms with Crippen molar-refractivity contribution in [2.45, 2.75) is 175 Å². The summed E-state index contributed by atoms with van der Waals surface area (Å²) in [5.41, 5.74) is 0. The minimum atomic E-state index is -1.93. The molecule has 5 heterocycles. The topological polar surface area (TPSA) is 403 Å². The summed E-state index contributed by atoms with van der Waals surface area (Å²) in [6.45, 7) is 0.393. The molecule has 15 N–H and O–H groups in total. The molecule has 4 fully saturated rings. The van der Waals surface area contributed by atoms with Crippen LogP contribution in [0.5, 0.6) is 11.8 Å². The molecule has 5 rings (SSSR count). The number of carbonyl (C=O) groups excluding carboxylic acids is 1. The van der Waals surface area contributed by atoms with Gasteiger partial charge in [0.1, 0.15) is 91.6 Å². The van der Waals surface area contributed by atoms with Crippen LogP contribution >= 0.6 is 0 Å². The Morgan fingerprint density at radius 1 is 0.576 bits per heavy atom. The van der Waals surface area contributed by atoms with Crippen LogP contribution in [0.4, 0.5) is 0 Å². The van der Waals surface area contributed by atoms with Gasteiger partial charge in [-0.2, -0.15) is 0 Å². The lowest BCUT2D eigenvalue weighted by Crippen LogP contribution is -2.65. The van der Waals surface area contributed by atoms with Gasteiger partial charge in [-0.05, 0) is 52.1 Å². The number of aromatic hydroxyl groups is 2. The molecule has 0 radical (unpaired) electrons. The number of ether oxygens (including phenoxy) is 7. The van der Waals surface area contributed by atoms with Gasteiger partial charge in [0.05, 0.1) is 38.6 Å². The Labute approximate surface area is 379 Å². The first kappa shape index (κ1) is 54.5. The van der Waals surface area contributed by atoms with Gasteiger partial charge in [0.25, 0.3) is 0 Å². The number of aliphatic hydroxyl groups excluding tert-OH is 13. The number of carbonyl (C=O) groups is 1. The van der Waals surface area contributed by atoms with Crippen LogP contribution in [0.2, 0.25) is 0 Å². The quantitative estimate of drug-likeness (QED) is 0.0453. The molecule has 0 aliphatic carbocycles. The monoisotopic (exact) mass is 960 g/mol. The largest absolute Gasteiger partial charge is 0.492 e. The Balaban J connectivity index is 1.23. The number of hydrogen-bond acceptors (Lipinski definition) is 25. The van der Waals surface area contributed by atoms with Gasteiger partial charge >= 0.3 is 5.97 Å². The van der Waals surface area contributed by atoms with E-state index in [1.807, 2.05) is 4.90 Å². The smallest absolute Gasteiger partial charge is 0.333 e. The van der Waals surface area contributed by atoms with Crippen molar-refractivity contribution in [1.82, 2.24) is 9.63 Å². The molecule has 66 heavy (non-hydrogen) atoms. The predicted molar refractivity (Wildman–Crippen MR) is 215 cm³/mol. The number of rotatable bonds is 23. The molecule has 0 saturated carbocycles. The van der Waals surface area contributed by atoms with Crippen molar-refractivity contribution in [2.24, 2.45) is 0 Å². The van der Waals surface area contributed by atoms with Crippen molar-refractivity contribution in [3.05, 3.63) is 12.1 Å². The maximum Gasteiger partial charge on any atom is 0.333 e. The first-order chi connectivity index (χ1) is 31.4. The first-order valence-electron chi connectivity index (χ1n) is 22.1. The Kier molecular flexibility index (Phi) is 20.9. The number of nitrogens with zero attached hydrogens (tertiary/aromatic N) is 2. The molecule has 0 amide bonds. The van der Waals surface area contributed by atoms with Gasteiger partial charge in [-0.15, -0.1) is 4.73 Å². The maximum absolute atomic E-state index is 12.3. The number of unbranched alkanes of at least 4 members (excludes halogenated alkanes) is 3. The molecule has 0 aromatic carbocycles. The fourth-order valence-electron chi connectivity index (χ4n) is 8.18. The average molecular weight is 961 g/mol. The van der Waals surface area contributed by atoms with Gasteiger partial charge in [-0.3, -0.25) is 0 Å². The zero-order valence-corrected chi connectivity index (χ0v) is 36.4. The molecule has 0 bridgehead atoms. The van der Waals surface area contributed by atoms with E-state index in [4.69, 9.17) is 38.0 Å². The van der Waals surface area contributed by atoms with Gasteiger partial charge in [0.15, 0.2) is 18.9 Å². The van der Waals surface area contributed by atoms with Crippen molar-refractivity contribution in [3.8, 4) is 11.8 Å². The van der Waals surface area contributed by atoms with E-state index in [0.717, 1.165) is 12.1 Å². The fourth-order valence-corrected chi connectivity index (χ4v) is 8.18. The Morgan fingerprint density at radius 2 is 1.11 bits per heavy atom. The zero-order valence-electron chi connectivity index (χ0n) is 36.4. The molecule has 4 aliphatic heterocycles. The van der Waals surface area contributed by atoms with Crippen molar-refractivity contribution < 1.29 is 119 Å². The van der Waals surface area contributed by atoms with E-state index in [-0.39, 0.29) is 19.6 Å². The molecule has 382 valence electrons. The summed E-state index contributed by atoms with van der Waals surface area (Å²) in [6.07, 6.45) is -27.9. The second-order valence-electron chi connectivity index (χ2n) is 17.0. The van der Waals surface area contributed by atoms with Crippen LogP contribution in [0.25, 0.3) is 0 Å². The third-order valence-electron chi connectivity index (χ3n) is 12.3. The summed E-state index contributed by atoms with van der Waals surface area (Å²) in [6, 6.07) is 2.31. The SMILES string of the molecule is C[C@@H]1O[C@@H](CCCCN(CCCCCC(=O)On2c(O)ccc2O)CCO[C@H]2O[C@H](CO[C@H]3O[C@H](CO)[C@@H](O)[C@H](O)[C@@H]3O)[C@@H](O)[C@H](O[C@H]3O[C@H](CO)[C@@H](O)[C@H](O)[C@@H]3O)[C@@H]2O)[C@@H](O)[C@H](O)[C@@H]1O. The minimum Gasteiger partial charge on any atom is -0.492 e. The molecular formula is C40H68N2O24. The summed E-state index contributed by atoms with van der Waals surface area (Å²) in [4.78, 5) is 19.3. The van der Waals surface area contributed by atoms with Crippen LogP contribution in [-0.2, 0) is 38.0 Å². The van der Waals surface area contributed by atoms with Gasteiger partial charge < -0.3 is 119 Å². The normalized spacial score (nSPS) is 39.9. The summed E-state index contributed by atoms with van der Waals surface area (Å²) in [5, 5.41) is 155. The second-order valence-corrected chi connectivity index (χ2v) is 17.0. The summed E-state index contributed by atoms with van der Waals surface area (Å²) >= 11 is 0. The Morgan fingerprint density at radius 3 is 1.73 bits per heavy atom. The molecule has 26 nitrogen and oxygen atoms in total. The lowest BCUT2D eigenvalue weighted by atomic mass is 9.93. The second kappa shape index (κ2) is 25.4. The number of hydrogen-bond donors (Lipinski definition) is 15. The Hall–Kier alpha value is -2.49. The Bertz CT molecular complexity index is 1570. The van der Waals surface area contributed by atoms with Crippen LogP contribution < -0.4 is 4.84 Å². The minimum absolute atomic E-state index is 0.0285. The first-order valence-corrected chi connectivity index (χ1v) is 22.1. The molecule has 0 spiro atoms. The molecule has 4 saturated heterocycles. The fraction of sp³-hybridized carbons (Fsp3) is 0.875. The van der Waals surface area contributed by atoms with Crippen LogP contribution in [0, 0.1) is 0 Å². The molecule has 20 atom stereocenters. The summed E-state index contributed by atoms with van der Waals surface area (Å²) < 4.78 is 40.4. The summed E-state index contributed by atoms with van der Waals surface area (Å²) in [7, 11) is 0. The lowest BCUT2D eigenvalue weighted by Gasteiger charge is -2.46. The van der Waals surface area contributed by atoms with E-state index in [0.29, 0.717) is 56.3 Å². The number of aromatic nitrogens is 1. The average Bonchev–Trinajstić information content (AvgIpc) is 3.61. The van der Waals surface area contributed by atoms with Crippen molar-refractivity contribution in [1.29, 1.82) is 0 Å². The van der Waals surface area contributed by atoms with Gasteiger partial charge in [0, 0.05) is 25.1 Å².